The van der Waals surface area contributed by atoms with Crippen molar-refractivity contribution < 1.29 is 0 Å². The molecule has 0 aliphatic heterocycles. The van der Waals surface area contributed by atoms with Crippen molar-refractivity contribution in [3.05, 3.63) is 90.1 Å². The van der Waals surface area contributed by atoms with Crippen LogP contribution in [0, 0.1) is 0 Å². The highest BCUT2D eigenvalue weighted by Crippen LogP contribution is 2.21. The van der Waals surface area contributed by atoms with Crippen LogP contribution in [-0.2, 0) is 0 Å². The second-order valence-corrected chi connectivity index (χ2v) is 6.13. The second-order valence-electron chi connectivity index (χ2n) is 6.13. The molecule has 0 saturated heterocycles. The maximum atomic E-state index is 3.89. The van der Waals surface area contributed by atoms with Crippen LogP contribution >= 0.6 is 0 Å². The zero-order valence-corrected chi connectivity index (χ0v) is 14.7. The summed E-state index contributed by atoms with van der Waals surface area (Å²) in [6, 6.07) is 10.8. The van der Waals surface area contributed by atoms with E-state index < -0.39 is 0 Å². The number of rotatable bonds is 9. The van der Waals surface area contributed by atoms with Gasteiger partial charge in [0.05, 0.1) is 0 Å². The molecule has 24 heavy (non-hydrogen) atoms. The number of hydrogen-bond donors (Lipinski definition) is 1. The number of hydrogen-bond acceptors (Lipinski definition) is 1. The average molecular weight is 319 g/mol. The van der Waals surface area contributed by atoms with Crippen molar-refractivity contribution in [2.24, 2.45) is 0 Å². The lowest BCUT2D eigenvalue weighted by molar-refractivity contribution is 0.609. The Labute approximate surface area is 147 Å². The summed E-state index contributed by atoms with van der Waals surface area (Å²) in [7, 11) is 2.05. The van der Waals surface area contributed by atoms with Crippen molar-refractivity contribution in [1.29, 1.82) is 0 Å². The van der Waals surface area contributed by atoms with Crippen molar-refractivity contribution in [2.75, 3.05) is 7.05 Å². The zero-order valence-electron chi connectivity index (χ0n) is 14.7. The third-order valence-corrected chi connectivity index (χ3v) is 4.35. The summed E-state index contributed by atoms with van der Waals surface area (Å²) in [5.74, 6) is 0. The second kappa shape index (κ2) is 10.6. The molecule has 0 bridgehead atoms. The highest BCUT2D eigenvalue weighted by atomic mass is 14.9. The molecule has 1 aromatic carbocycles. The lowest BCUT2D eigenvalue weighted by Gasteiger charge is -2.21. The molecule has 0 radical (unpaired) electrons. The van der Waals surface area contributed by atoms with E-state index in [1.165, 1.54) is 29.6 Å². The summed E-state index contributed by atoms with van der Waals surface area (Å²) in [4.78, 5) is 0. The molecule has 1 N–H and O–H groups in total. The number of nitrogens with one attached hydrogen (secondary N) is 1. The van der Waals surface area contributed by atoms with Gasteiger partial charge in [0.2, 0.25) is 0 Å². The van der Waals surface area contributed by atoms with E-state index in [9.17, 15) is 0 Å². The van der Waals surface area contributed by atoms with Gasteiger partial charge in [-0.25, -0.2) is 0 Å². The Balaban J connectivity index is 1.93. The van der Waals surface area contributed by atoms with Gasteiger partial charge in [0.1, 0.15) is 0 Å². The first kappa shape index (κ1) is 18.2. The Morgan fingerprint density at radius 3 is 2.75 bits per heavy atom. The molecule has 126 valence electrons. The first-order valence-electron chi connectivity index (χ1n) is 8.89. The maximum Gasteiger partial charge on any atom is 0.0320 e. The molecule has 0 saturated carbocycles. The summed E-state index contributed by atoms with van der Waals surface area (Å²) in [5, 5.41) is 3.48. The molecule has 1 aliphatic carbocycles. The summed E-state index contributed by atoms with van der Waals surface area (Å²) < 4.78 is 0. The highest BCUT2D eigenvalue weighted by molar-refractivity contribution is 5.48. The largest absolute Gasteiger partial charge is 0.313 e. The fourth-order valence-corrected chi connectivity index (χ4v) is 3.03. The summed E-state index contributed by atoms with van der Waals surface area (Å²) in [5.41, 5.74) is 4.12. The van der Waals surface area contributed by atoms with Gasteiger partial charge in [0, 0.05) is 6.04 Å². The Hall–Kier alpha value is -2.12. The van der Waals surface area contributed by atoms with E-state index in [1.807, 2.05) is 12.1 Å². The molecule has 0 aromatic heterocycles. The van der Waals surface area contributed by atoms with Crippen molar-refractivity contribution in [2.45, 2.75) is 38.1 Å². The summed E-state index contributed by atoms with van der Waals surface area (Å²) in [6.07, 6.45) is 21.0. The Morgan fingerprint density at radius 1 is 1.25 bits per heavy atom. The van der Waals surface area contributed by atoms with Gasteiger partial charge in [0.15, 0.2) is 0 Å². The highest BCUT2D eigenvalue weighted by Gasteiger charge is 2.13. The number of allylic oxidation sites excluding steroid dienone is 6. The van der Waals surface area contributed by atoms with Gasteiger partial charge in [-0.05, 0) is 44.7 Å². The molecule has 0 amide bonds. The first-order chi connectivity index (χ1) is 11.8. The Morgan fingerprint density at radius 2 is 2.08 bits per heavy atom. The van der Waals surface area contributed by atoms with E-state index in [1.54, 1.807) is 0 Å². The van der Waals surface area contributed by atoms with Crippen molar-refractivity contribution in [3.8, 4) is 0 Å². The average Bonchev–Trinajstić information content (AvgIpc) is 2.64. The van der Waals surface area contributed by atoms with E-state index >= 15 is 0 Å². The molecule has 1 atom stereocenters. The lowest BCUT2D eigenvalue weighted by atomic mass is 9.92. The minimum Gasteiger partial charge on any atom is -0.313 e. The SMILES string of the molecule is C=C/C=C(/CC/C=C/c1ccccc1)[C@H](CC1=CCCC=C1)NC. The van der Waals surface area contributed by atoms with Gasteiger partial charge in [-0.3, -0.25) is 0 Å². The van der Waals surface area contributed by atoms with Crippen LogP contribution in [0.25, 0.3) is 6.08 Å². The monoisotopic (exact) mass is 319 g/mol. The van der Waals surface area contributed by atoms with Crippen LogP contribution in [0.2, 0.25) is 0 Å². The van der Waals surface area contributed by atoms with Crippen LogP contribution < -0.4 is 5.32 Å². The fraction of sp³-hybridized carbons (Fsp3) is 0.304. The zero-order chi connectivity index (χ0) is 17.0. The third-order valence-electron chi connectivity index (χ3n) is 4.35. The molecule has 0 unspecified atom stereocenters. The van der Waals surface area contributed by atoms with E-state index in [0.29, 0.717) is 6.04 Å². The van der Waals surface area contributed by atoms with E-state index in [4.69, 9.17) is 0 Å². The van der Waals surface area contributed by atoms with Gasteiger partial charge in [0.25, 0.3) is 0 Å². The van der Waals surface area contributed by atoms with Crippen LogP contribution in [-0.4, -0.2) is 13.1 Å². The molecule has 1 aromatic rings. The third kappa shape index (κ3) is 6.17. The van der Waals surface area contributed by atoms with Gasteiger partial charge < -0.3 is 5.32 Å². The van der Waals surface area contributed by atoms with Crippen LogP contribution in [0.4, 0.5) is 0 Å². The smallest absolute Gasteiger partial charge is 0.0320 e. The van der Waals surface area contributed by atoms with E-state index in [-0.39, 0.29) is 0 Å². The quantitative estimate of drug-likeness (QED) is 0.563. The van der Waals surface area contributed by atoms with Crippen LogP contribution in [0.1, 0.15) is 37.7 Å². The Kier molecular flexibility index (Phi) is 8.06. The normalized spacial score (nSPS) is 16.2. The molecule has 2 rings (SSSR count). The lowest BCUT2D eigenvalue weighted by Crippen LogP contribution is -2.28. The maximum absolute atomic E-state index is 3.89. The molecule has 1 heteroatoms. The predicted octanol–water partition coefficient (Wildman–Crippen LogP) is 5.85. The van der Waals surface area contributed by atoms with Gasteiger partial charge in [-0.1, -0.05) is 90.6 Å². The molecule has 1 nitrogen and oxygen atoms in total. The van der Waals surface area contributed by atoms with Gasteiger partial charge in [-0.15, -0.1) is 0 Å². The Bertz CT molecular complexity index is 617. The molecule has 1 aliphatic rings. The molecule has 0 heterocycles. The van der Waals surface area contributed by atoms with Crippen LogP contribution in [0.3, 0.4) is 0 Å². The summed E-state index contributed by atoms with van der Waals surface area (Å²) >= 11 is 0. The standard InChI is InChI=1S/C23H29N/c1-3-12-22(18-11-10-15-20-13-6-4-7-14-20)23(24-2)19-21-16-8-5-9-17-21/h3-4,6-8,10,12-17,23-24H,1,5,9,11,18-19H2,2H3/b15-10+,22-12-/t23-/m0/s1. The van der Waals surface area contributed by atoms with Crippen LogP contribution in [0.5, 0.6) is 0 Å². The number of benzene rings is 1. The van der Waals surface area contributed by atoms with Crippen molar-refractivity contribution in [1.82, 2.24) is 5.32 Å². The van der Waals surface area contributed by atoms with Gasteiger partial charge >= 0.3 is 0 Å². The summed E-state index contributed by atoms with van der Waals surface area (Å²) in [6.45, 7) is 3.89. The minimum atomic E-state index is 0.377. The predicted molar refractivity (Wildman–Crippen MR) is 107 cm³/mol. The van der Waals surface area contributed by atoms with Crippen molar-refractivity contribution in [3.63, 3.8) is 0 Å². The fourth-order valence-electron chi connectivity index (χ4n) is 3.03. The molecular weight excluding hydrogens is 290 g/mol. The number of likely N-dealkylation sites (N-methyl/N-ethyl adjacent to an activating group) is 1. The van der Waals surface area contributed by atoms with E-state index in [0.717, 1.165) is 19.3 Å². The van der Waals surface area contributed by atoms with Crippen molar-refractivity contribution >= 4 is 6.08 Å². The van der Waals surface area contributed by atoms with Crippen LogP contribution in [0.15, 0.2) is 84.5 Å². The molecule has 0 spiro atoms. The van der Waals surface area contributed by atoms with Gasteiger partial charge in [-0.2, -0.15) is 0 Å². The molecular formula is C23H29N. The topological polar surface area (TPSA) is 12.0 Å². The first-order valence-corrected chi connectivity index (χ1v) is 8.89. The minimum absolute atomic E-state index is 0.377. The van der Waals surface area contributed by atoms with E-state index in [2.05, 4.69) is 79.7 Å². The molecule has 0 fully saturated rings.